The van der Waals surface area contributed by atoms with E-state index in [2.05, 4.69) is 5.32 Å². The van der Waals surface area contributed by atoms with E-state index < -0.39 is 57.2 Å². The van der Waals surface area contributed by atoms with Gasteiger partial charge in [0.2, 0.25) is 0 Å². The Morgan fingerprint density at radius 1 is 0.974 bits per heavy atom. The molecule has 0 unspecified atom stereocenters. The molecule has 0 atom stereocenters. The van der Waals surface area contributed by atoms with E-state index in [1.165, 1.54) is 43.4 Å². The van der Waals surface area contributed by atoms with Gasteiger partial charge in [-0.1, -0.05) is 0 Å². The second-order valence-corrected chi connectivity index (χ2v) is 9.76. The van der Waals surface area contributed by atoms with Gasteiger partial charge in [0.05, 0.1) is 27.8 Å². The van der Waals surface area contributed by atoms with Crippen LogP contribution < -0.4 is 19.1 Å². The Balaban J connectivity index is 1.50. The molecule has 39 heavy (non-hydrogen) atoms. The molecule has 206 valence electrons. The molecule has 1 N–H and O–H groups in total. The van der Waals surface area contributed by atoms with Crippen LogP contribution in [-0.4, -0.2) is 52.1 Å². The van der Waals surface area contributed by atoms with Gasteiger partial charge in [-0.3, -0.25) is 19.2 Å². The minimum absolute atomic E-state index is 0.0776. The van der Waals surface area contributed by atoms with Crippen molar-refractivity contribution in [3.05, 3.63) is 82.7 Å². The first-order chi connectivity index (χ1) is 18.5. The van der Waals surface area contributed by atoms with Crippen LogP contribution in [0.25, 0.3) is 0 Å². The van der Waals surface area contributed by atoms with Gasteiger partial charge in [-0.25, -0.2) is 17.6 Å². The van der Waals surface area contributed by atoms with E-state index in [0.717, 1.165) is 22.5 Å². The summed E-state index contributed by atoms with van der Waals surface area (Å²) in [6, 6.07) is 14.5. The molecule has 0 aliphatic carbocycles. The first kappa shape index (κ1) is 28.8. The van der Waals surface area contributed by atoms with Crippen LogP contribution >= 0.6 is 0 Å². The van der Waals surface area contributed by atoms with Crippen molar-refractivity contribution in [2.45, 2.75) is 11.8 Å². The van der Waals surface area contributed by atoms with Crippen LogP contribution in [0.5, 0.6) is 11.5 Å². The molecule has 3 aromatic carbocycles. The fourth-order valence-electron chi connectivity index (χ4n) is 3.16. The molecular formula is C25H24FN3O9S. The maximum atomic E-state index is 13.8. The van der Waals surface area contributed by atoms with Crippen molar-refractivity contribution in [3.63, 3.8) is 0 Å². The first-order valence-corrected chi connectivity index (χ1v) is 12.8. The van der Waals surface area contributed by atoms with Crippen LogP contribution in [0, 0.1) is 15.9 Å². The quantitative estimate of drug-likeness (QED) is 0.199. The Bertz CT molecular complexity index is 1450. The highest BCUT2D eigenvalue weighted by molar-refractivity contribution is 7.92. The number of amides is 1. The van der Waals surface area contributed by atoms with Crippen LogP contribution in [-0.2, 0) is 24.3 Å². The monoisotopic (exact) mass is 561 g/mol. The highest BCUT2D eigenvalue weighted by Gasteiger charge is 2.21. The molecule has 0 radical (unpaired) electrons. The zero-order valence-corrected chi connectivity index (χ0v) is 21.6. The number of nitrogens with zero attached hydrogens (tertiary/aromatic N) is 2. The molecule has 0 fully saturated rings. The number of anilines is 2. The fraction of sp³-hybridized carbons (Fsp3) is 0.200. The average molecular weight is 562 g/mol. The van der Waals surface area contributed by atoms with Crippen LogP contribution in [0.3, 0.4) is 0 Å². The maximum Gasteiger partial charge on any atom is 0.344 e. The van der Waals surface area contributed by atoms with Crippen molar-refractivity contribution in [3.8, 4) is 11.5 Å². The number of hydrogen-bond donors (Lipinski definition) is 1. The third-order valence-electron chi connectivity index (χ3n) is 5.15. The number of nitrogens with one attached hydrogen (secondary N) is 1. The molecule has 0 aliphatic heterocycles. The molecule has 0 bridgehead atoms. The predicted octanol–water partition coefficient (Wildman–Crippen LogP) is 3.52. The summed E-state index contributed by atoms with van der Waals surface area (Å²) in [5, 5.41) is 12.9. The highest BCUT2D eigenvalue weighted by atomic mass is 32.2. The molecule has 0 aliphatic rings. The summed E-state index contributed by atoms with van der Waals surface area (Å²) >= 11 is 0. The van der Waals surface area contributed by atoms with Crippen molar-refractivity contribution in [1.82, 2.24) is 0 Å². The normalized spacial score (nSPS) is 10.8. The topological polar surface area (TPSA) is 154 Å². The average Bonchev–Trinajstić information content (AvgIpc) is 2.92. The van der Waals surface area contributed by atoms with Gasteiger partial charge in [-0.2, -0.15) is 0 Å². The van der Waals surface area contributed by atoms with E-state index in [1.807, 2.05) is 6.92 Å². The number of nitro benzene ring substituents is 1. The number of halogens is 1. The second-order valence-electron chi connectivity index (χ2n) is 7.79. The van der Waals surface area contributed by atoms with Gasteiger partial charge in [0, 0.05) is 19.2 Å². The number of rotatable bonds is 12. The van der Waals surface area contributed by atoms with Crippen LogP contribution in [0.2, 0.25) is 0 Å². The first-order valence-electron chi connectivity index (χ1n) is 11.4. The molecule has 0 saturated carbocycles. The van der Waals surface area contributed by atoms with Gasteiger partial charge < -0.3 is 19.5 Å². The summed E-state index contributed by atoms with van der Waals surface area (Å²) in [7, 11) is -2.45. The molecule has 3 aromatic rings. The van der Waals surface area contributed by atoms with E-state index in [0.29, 0.717) is 18.0 Å². The lowest BCUT2D eigenvalue weighted by Gasteiger charge is -2.20. The molecule has 0 saturated heterocycles. The van der Waals surface area contributed by atoms with E-state index in [-0.39, 0.29) is 10.6 Å². The third-order valence-corrected chi connectivity index (χ3v) is 6.95. The molecule has 0 aromatic heterocycles. The number of carbonyl (C=O) groups is 2. The van der Waals surface area contributed by atoms with Crippen molar-refractivity contribution >= 4 is 39.0 Å². The van der Waals surface area contributed by atoms with Gasteiger partial charge >= 0.3 is 5.97 Å². The lowest BCUT2D eigenvalue weighted by Crippen LogP contribution is -2.26. The number of ether oxygens (including phenoxy) is 3. The summed E-state index contributed by atoms with van der Waals surface area (Å²) in [5.41, 5.74) is -0.525. The highest BCUT2D eigenvalue weighted by Crippen LogP contribution is 2.26. The number of benzene rings is 3. The summed E-state index contributed by atoms with van der Waals surface area (Å²) in [6.45, 7) is 0.926. The van der Waals surface area contributed by atoms with Gasteiger partial charge in [0.25, 0.3) is 21.6 Å². The smallest absolute Gasteiger partial charge is 0.344 e. The number of carbonyl (C=O) groups excluding carboxylic acids is 2. The SMILES string of the molecule is CCOc1ccc(S(=O)(=O)N(C)c2ccc(OCC(=O)OCC(=O)Nc3cc([N+](=O)[O-])ccc3F)cc2)cc1. The molecule has 3 rings (SSSR count). The van der Waals surface area contributed by atoms with Crippen molar-refractivity contribution < 1.29 is 41.5 Å². The van der Waals surface area contributed by atoms with Gasteiger partial charge in [0.15, 0.2) is 13.2 Å². The number of non-ortho nitro benzene ring substituents is 1. The Morgan fingerprint density at radius 3 is 2.21 bits per heavy atom. The second kappa shape index (κ2) is 12.7. The number of nitro groups is 1. The van der Waals surface area contributed by atoms with E-state index in [9.17, 15) is 32.5 Å². The number of hydrogen-bond acceptors (Lipinski definition) is 9. The zero-order chi connectivity index (χ0) is 28.6. The standard InChI is InChI=1S/C25H24FN3O9S/c1-3-36-19-9-11-21(12-10-19)39(34,35)28(2)17-4-7-20(8-5-17)37-16-25(31)38-15-24(30)27-23-14-18(29(32)33)6-13-22(23)26/h4-14H,3,15-16H2,1-2H3,(H,27,30). The van der Waals surface area contributed by atoms with Crippen LogP contribution in [0.1, 0.15) is 6.92 Å². The molecule has 0 spiro atoms. The van der Waals surface area contributed by atoms with Gasteiger partial charge in [-0.05, 0) is 61.5 Å². The largest absolute Gasteiger partial charge is 0.494 e. The third kappa shape index (κ3) is 7.64. The zero-order valence-electron chi connectivity index (χ0n) is 20.8. The van der Waals surface area contributed by atoms with Crippen LogP contribution in [0.15, 0.2) is 71.6 Å². The Labute approximate surface area is 223 Å². The summed E-state index contributed by atoms with van der Waals surface area (Å²) in [4.78, 5) is 34.0. The molecule has 0 heterocycles. The lowest BCUT2D eigenvalue weighted by molar-refractivity contribution is -0.384. The van der Waals surface area contributed by atoms with E-state index >= 15 is 0 Å². The fourth-order valence-corrected chi connectivity index (χ4v) is 4.36. The minimum atomic E-state index is -3.84. The van der Waals surface area contributed by atoms with E-state index in [1.54, 1.807) is 12.1 Å². The minimum Gasteiger partial charge on any atom is -0.494 e. The summed E-state index contributed by atoms with van der Waals surface area (Å²) in [6.07, 6.45) is 0. The Morgan fingerprint density at radius 2 is 1.59 bits per heavy atom. The lowest BCUT2D eigenvalue weighted by atomic mass is 10.2. The van der Waals surface area contributed by atoms with Gasteiger partial charge in [-0.15, -0.1) is 0 Å². The van der Waals surface area contributed by atoms with Crippen molar-refractivity contribution in [2.75, 3.05) is 36.5 Å². The molecule has 1 amide bonds. The maximum absolute atomic E-state index is 13.8. The van der Waals surface area contributed by atoms with Crippen LogP contribution in [0.4, 0.5) is 21.5 Å². The summed E-state index contributed by atoms with van der Waals surface area (Å²) < 4.78 is 56.1. The molecule has 12 nitrogen and oxygen atoms in total. The van der Waals surface area contributed by atoms with Crippen molar-refractivity contribution in [2.24, 2.45) is 0 Å². The number of sulfonamides is 1. The predicted molar refractivity (Wildman–Crippen MR) is 138 cm³/mol. The Kier molecular flexibility index (Phi) is 9.38. The van der Waals surface area contributed by atoms with Gasteiger partial charge in [0.1, 0.15) is 17.3 Å². The number of esters is 1. The van der Waals surface area contributed by atoms with E-state index in [4.69, 9.17) is 14.2 Å². The molecule has 14 heteroatoms. The molecular weight excluding hydrogens is 537 g/mol. The summed E-state index contributed by atoms with van der Waals surface area (Å²) in [5.74, 6) is -1.94. The Hall–Kier alpha value is -4.72. The van der Waals surface area contributed by atoms with Crippen molar-refractivity contribution in [1.29, 1.82) is 0 Å².